The van der Waals surface area contributed by atoms with Crippen LogP contribution in [-0.2, 0) is 4.74 Å². The zero-order chi connectivity index (χ0) is 18.8. The zero-order valence-electron chi connectivity index (χ0n) is 15.1. The van der Waals surface area contributed by atoms with Crippen LogP contribution >= 0.6 is 0 Å². The summed E-state index contributed by atoms with van der Waals surface area (Å²) >= 11 is 0. The molecule has 0 aliphatic rings. The van der Waals surface area contributed by atoms with Crippen molar-refractivity contribution in [2.24, 2.45) is 5.92 Å². The highest BCUT2D eigenvalue weighted by Crippen LogP contribution is 2.22. The van der Waals surface area contributed by atoms with Crippen molar-refractivity contribution in [3.63, 3.8) is 0 Å². The number of hydrogen-bond donors (Lipinski definition) is 3. The number of benzene rings is 2. The van der Waals surface area contributed by atoms with Gasteiger partial charge in [-0.05, 0) is 42.3 Å². The average molecular weight is 358 g/mol. The van der Waals surface area contributed by atoms with E-state index in [1.807, 2.05) is 44.2 Å². The normalized spacial score (nSPS) is 11.8. The molecule has 0 radical (unpaired) electrons. The molecule has 0 saturated carbocycles. The number of carbonyl (C=O) groups is 1. The number of anilines is 1. The van der Waals surface area contributed by atoms with Gasteiger partial charge in [0.1, 0.15) is 11.5 Å². The van der Waals surface area contributed by atoms with E-state index in [2.05, 4.69) is 10.6 Å². The lowest BCUT2D eigenvalue weighted by Gasteiger charge is -2.14. The fraction of sp³-hybridized carbons (Fsp3) is 0.350. The number of urea groups is 1. The maximum atomic E-state index is 11.9. The summed E-state index contributed by atoms with van der Waals surface area (Å²) in [7, 11) is 0. The van der Waals surface area contributed by atoms with E-state index in [0.717, 1.165) is 5.75 Å². The topological polar surface area (TPSA) is 79.8 Å². The molecule has 0 spiro atoms. The molecule has 0 bridgehead atoms. The SMILES string of the molecule is CC(C)COCC(O)CNC(=O)Nc1ccc(Oc2ccccc2)cc1. The fourth-order valence-corrected chi connectivity index (χ4v) is 2.12. The number of hydrogen-bond acceptors (Lipinski definition) is 4. The van der Waals surface area contributed by atoms with Crippen molar-refractivity contribution >= 4 is 11.7 Å². The third kappa shape index (κ3) is 7.55. The molecule has 140 valence electrons. The molecule has 26 heavy (non-hydrogen) atoms. The molecule has 0 aliphatic carbocycles. The van der Waals surface area contributed by atoms with E-state index in [0.29, 0.717) is 24.0 Å². The molecule has 6 nitrogen and oxygen atoms in total. The summed E-state index contributed by atoms with van der Waals surface area (Å²) in [6, 6.07) is 16.1. The molecular weight excluding hydrogens is 332 g/mol. The maximum absolute atomic E-state index is 11.9. The summed E-state index contributed by atoms with van der Waals surface area (Å²) in [5, 5.41) is 15.1. The van der Waals surface area contributed by atoms with Gasteiger partial charge >= 0.3 is 6.03 Å². The number of amides is 2. The number of ether oxygens (including phenoxy) is 2. The Hall–Kier alpha value is -2.57. The van der Waals surface area contributed by atoms with E-state index >= 15 is 0 Å². The molecule has 2 amide bonds. The molecule has 6 heteroatoms. The predicted molar refractivity (Wildman–Crippen MR) is 102 cm³/mol. The zero-order valence-corrected chi connectivity index (χ0v) is 15.1. The van der Waals surface area contributed by atoms with Crippen molar-refractivity contribution in [2.75, 3.05) is 25.1 Å². The largest absolute Gasteiger partial charge is 0.457 e. The first-order valence-corrected chi connectivity index (χ1v) is 8.66. The number of aliphatic hydroxyl groups excluding tert-OH is 1. The second kappa shape index (κ2) is 10.4. The Morgan fingerprint density at radius 3 is 2.31 bits per heavy atom. The number of para-hydroxylation sites is 1. The highest BCUT2D eigenvalue weighted by Gasteiger charge is 2.08. The van der Waals surface area contributed by atoms with E-state index in [4.69, 9.17) is 9.47 Å². The first-order valence-electron chi connectivity index (χ1n) is 8.66. The van der Waals surface area contributed by atoms with Crippen molar-refractivity contribution in [1.29, 1.82) is 0 Å². The van der Waals surface area contributed by atoms with Crippen LogP contribution in [0.2, 0.25) is 0 Å². The Bertz CT molecular complexity index is 659. The van der Waals surface area contributed by atoms with Gasteiger partial charge in [0.05, 0.1) is 12.7 Å². The minimum atomic E-state index is -0.735. The van der Waals surface area contributed by atoms with Gasteiger partial charge in [-0.25, -0.2) is 4.79 Å². The van der Waals surface area contributed by atoms with Crippen molar-refractivity contribution in [1.82, 2.24) is 5.32 Å². The molecule has 1 atom stereocenters. The van der Waals surface area contributed by atoms with Crippen LogP contribution in [0.5, 0.6) is 11.5 Å². The quantitative estimate of drug-likeness (QED) is 0.639. The molecular formula is C20H26N2O4. The maximum Gasteiger partial charge on any atom is 0.319 e. The van der Waals surface area contributed by atoms with Gasteiger partial charge in [-0.2, -0.15) is 0 Å². The first-order chi connectivity index (χ1) is 12.5. The lowest BCUT2D eigenvalue weighted by Crippen LogP contribution is -2.37. The number of rotatable bonds is 9. The lowest BCUT2D eigenvalue weighted by molar-refractivity contribution is 0.0274. The summed E-state index contributed by atoms with van der Waals surface area (Å²) in [6.07, 6.45) is -0.735. The number of nitrogens with one attached hydrogen (secondary N) is 2. The van der Waals surface area contributed by atoms with E-state index in [9.17, 15) is 9.90 Å². The van der Waals surface area contributed by atoms with Crippen LogP contribution in [0, 0.1) is 5.92 Å². The van der Waals surface area contributed by atoms with Crippen LogP contribution < -0.4 is 15.4 Å². The molecule has 0 heterocycles. The Kier molecular flexibility index (Phi) is 7.92. The molecule has 2 aromatic carbocycles. The second-order valence-electron chi connectivity index (χ2n) is 6.36. The number of carbonyl (C=O) groups excluding carboxylic acids is 1. The van der Waals surface area contributed by atoms with Crippen LogP contribution in [0.1, 0.15) is 13.8 Å². The van der Waals surface area contributed by atoms with Gasteiger partial charge in [0.15, 0.2) is 0 Å². The lowest BCUT2D eigenvalue weighted by atomic mass is 10.2. The van der Waals surface area contributed by atoms with Gasteiger partial charge in [0.2, 0.25) is 0 Å². The average Bonchev–Trinajstić information content (AvgIpc) is 2.62. The van der Waals surface area contributed by atoms with Crippen LogP contribution in [0.4, 0.5) is 10.5 Å². The third-order valence-electron chi connectivity index (χ3n) is 3.35. The molecule has 0 aliphatic heterocycles. The van der Waals surface area contributed by atoms with E-state index in [-0.39, 0.29) is 19.2 Å². The van der Waals surface area contributed by atoms with Crippen LogP contribution in [0.25, 0.3) is 0 Å². The Morgan fingerprint density at radius 1 is 1.00 bits per heavy atom. The summed E-state index contributed by atoms with van der Waals surface area (Å²) in [5.74, 6) is 1.84. The summed E-state index contributed by atoms with van der Waals surface area (Å²) in [6.45, 7) is 4.98. The number of aliphatic hydroxyl groups is 1. The third-order valence-corrected chi connectivity index (χ3v) is 3.35. The summed E-state index contributed by atoms with van der Waals surface area (Å²) in [4.78, 5) is 11.9. The van der Waals surface area contributed by atoms with E-state index in [1.54, 1.807) is 24.3 Å². The van der Waals surface area contributed by atoms with E-state index in [1.165, 1.54) is 0 Å². The minimum Gasteiger partial charge on any atom is -0.457 e. The van der Waals surface area contributed by atoms with Crippen molar-refractivity contribution < 1.29 is 19.4 Å². The first kappa shape index (κ1) is 19.8. The molecule has 2 rings (SSSR count). The standard InChI is InChI=1S/C20H26N2O4/c1-15(2)13-25-14-17(23)12-21-20(24)22-16-8-10-19(11-9-16)26-18-6-4-3-5-7-18/h3-11,15,17,23H,12-14H2,1-2H3,(H2,21,22,24). The Balaban J connectivity index is 1.71. The molecule has 3 N–H and O–H groups in total. The molecule has 1 unspecified atom stereocenters. The molecule has 0 fully saturated rings. The smallest absolute Gasteiger partial charge is 0.319 e. The summed E-state index contributed by atoms with van der Waals surface area (Å²) in [5.41, 5.74) is 0.633. The van der Waals surface area contributed by atoms with Gasteiger partial charge in [0, 0.05) is 18.8 Å². The summed E-state index contributed by atoms with van der Waals surface area (Å²) < 4.78 is 11.0. The van der Waals surface area contributed by atoms with Crippen LogP contribution in [0.3, 0.4) is 0 Å². The minimum absolute atomic E-state index is 0.124. The van der Waals surface area contributed by atoms with Crippen molar-refractivity contribution in [2.45, 2.75) is 20.0 Å². The molecule has 2 aromatic rings. The van der Waals surface area contributed by atoms with Crippen LogP contribution in [0.15, 0.2) is 54.6 Å². The molecule has 0 saturated heterocycles. The van der Waals surface area contributed by atoms with Gasteiger partial charge in [-0.15, -0.1) is 0 Å². The highest BCUT2D eigenvalue weighted by atomic mass is 16.5. The van der Waals surface area contributed by atoms with Gasteiger partial charge in [0.25, 0.3) is 0 Å². The Labute approximate surface area is 154 Å². The monoisotopic (exact) mass is 358 g/mol. The van der Waals surface area contributed by atoms with Crippen molar-refractivity contribution in [3.8, 4) is 11.5 Å². The van der Waals surface area contributed by atoms with Crippen LogP contribution in [-0.4, -0.2) is 37.0 Å². The predicted octanol–water partition coefficient (Wildman–Crippen LogP) is 3.63. The van der Waals surface area contributed by atoms with Gasteiger partial charge < -0.3 is 25.2 Å². The van der Waals surface area contributed by atoms with Gasteiger partial charge in [-0.3, -0.25) is 0 Å². The van der Waals surface area contributed by atoms with E-state index < -0.39 is 6.10 Å². The fourth-order valence-electron chi connectivity index (χ4n) is 2.12. The highest BCUT2D eigenvalue weighted by molar-refractivity contribution is 5.89. The Morgan fingerprint density at radius 2 is 1.65 bits per heavy atom. The second-order valence-corrected chi connectivity index (χ2v) is 6.36. The van der Waals surface area contributed by atoms with Crippen molar-refractivity contribution in [3.05, 3.63) is 54.6 Å². The molecule has 0 aromatic heterocycles. The van der Waals surface area contributed by atoms with Gasteiger partial charge in [-0.1, -0.05) is 32.0 Å².